The van der Waals surface area contributed by atoms with Crippen molar-refractivity contribution >= 4 is 34.0 Å². The molecule has 3 amide bonds. The van der Waals surface area contributed by atoms with Crippen LogP contribution in [0.1, 0.15) is 31.9 Å². The van der Waals surface area contributed by atoms with Crippen LogP contribution in [-0.4, -0.2) is 31.3 Å². The van der Waals surface area contributed by atoms with E-state index in [4.69, 9.17) is 4.74 Å². The molecule has 1 aliphatic rings. The van der Waals surface area contributed by atoms with E-state index in [1.54, 1.807) is 4.90 Å². The Morgan fingerprint density at radius 1 is 1.36 bits per heavy atom. The van der Waals surface area contributed by atoms with Crippen LogP contribution in [0.5, 0.6) is 0 Å². The first-order valence-electron chi connectivity index (χ1n) is 9.10. The van der Waals surface area contributed by atoms with E-state index in [-0.39, 0.29) is 24.8 Å². The fourth-order valence-electron chi connectivity index (χ4n) is 3.01. The third-order valence-electron chi connectivity index (χ3n) is 4.64. The number of urea groups is 1. The number of anilines is 1. The molecule has 0 bridgehead atoms. The number of carbonyl (C=O) groups is 2. The lowest BCUT2D eigenvalue weighted by atomic mass is 9.92. The van der Waals surface area contributed by atoms with Crippen LogP contribution >= 0.6 is 11.3 Å². The molecule has 1 fully saturated rings. The lowest BCUT2D eigenvalue weighted by Crippen LogP contribution is -2.48. The van der Waals surface area contributed by atoms with Gasteiger partial charge in [-0.2, -0.15) is 0 Å². The van der Waals surface area contributed by atoms with E-state index < -0.39 is 5.54 Å². The summed E-state index contributed by atoms with van der Waals surface area (Å²) in [4.78, 5) is 26.0. The molecule has 148 valence electrons. The highest BCUT2D eigenvalue weighted by Gasteiger charge is 2.33. The van der Waals surface area contributed by atoms with Gasteiger partial charge in [0.1, 0.15) is 11.1 Å². The maximum atomic E-state index is 12.4. The van der Waals surface area contributed by atoms with Gasteiger partial charge in [0, 0.05) is 0 Å². The highest BCUT2D eigenvalue weighted by atomic mass is 32.1. The van der Waals surface area contributed by atoms with E-state index >= 15 is 0 Å². The average molecular weight is 400 g/mol. The number of allylic oxidation sites excluding steroid dienone is 1. The molecule has 0 radical (unpaired) electrons. The summed E-state index contributed by atoms with van der Waals surface area (Å²) in [5.74, 6) is 0. The van der Waals surface area contributed by atoms with Crippen LogP contribution in [0.2, 0.25) is 0 Å². The maximum Gasteiger partial charge on any atom is 0.415 e. The van der Waals surface area contributed by atoms with Crippen molar-refractivity contribution in [1.29, 1.82) is 0 Å². The molecular weight excluding hydrogens is 374 g/mol. The second kappa shape index (κ2) is 8.06. The van der Waals surface area contributed by atoms with Crippen LogP contribution in [0, 0.1) is 0 Å². The Balaban J connectivity index is 1.55. The Labute approximate surface area is 169 Å². The van der Waals surface area contributed by atoms with Gasteiger partial charge >= 0.3 is 12.1 Å². The third-order valence-corrected chi connectivity index (χ3v) is 5.53. The molecule has 2 heterocycles. The molecule has 1 aliphatic heterocycles. The summed E-state index contributed by atoms with van der Waals surface area (Å²) in [6, 6.07) is 11.4. The highest BCUT2D eigenvalue weighted by Crippen LogP contribution is 2.26. The van der Waals surface area contributed by atoms with Gasteiger partial charge in [-0.1, -0.05) is 30.4 Å². The fraction of sp³-hybridized carbons (Fsp3) is 0.333. The topological polar surface area (TPSA) is 70.7 Å². The van der Waals surface area contributed by atoms with Crippen LogP contribution in [0.4, 0.5) is 14.6 Å². The molecule has 3 rings (SSSR count). The Morgan fingerprint density at radius 2 is 2.14 bits per heavy atom. The van der Waals surface area contributed by atoms with Crippen molar-refractivity contribution in [2.24, 2.45) is 0 Å². The molecule has 7 heteroatoms. The molecule has 2 aromatic rings. The second-order valence-corrected chi connectivity index (χ2v) is 8.31. The number of ether oxygens (including phenoxy) is 1. The third kappa shape index (κ3) is 4.54. The van der Waals surface area contributed by atoms with Crippen molar-refractivity contribution in [3.63, 3.8) is 0 Å². The smallest absolute Gasteiger partial charge is 0.415 e. The minimum absolute atomic E-state index is 0.251. The van der Waals surface area contributed by atoms with Crippen LogP contribution in [0.15, 0.2) is 48.4 Å². The minimum atomic E-state index is -0.565. The van der Waals surface area contributed by atoms with Crippen LogP contribution < -0.4 is 15.5 Å². The Kier molecular flexibility index (Phi) is 5.74. The summed E-state index contributed by atoms with van der Waals surface area (Å²) in [5.41, 5.74) is 2.43. The van der Waals surface area contributed by atoms with Gasteiger partial charge in [-0.05, 0) is 55.5 Å². The molecule has 2 N–H and O–H groups in total. The lowest BCUT2D eigenvalue weighted by Gasteiger charge is -2.28. The Hall–Kier alpha value is -2.80. The minimum Gasteiger partial charge on any atom is -0.442 e. The molecule has 0 aliphatic carbocycles. The molecule has 1 atom stereocenters. The lowest BCUT2D eigenvalue weighted by molar-refractivity contribution is 0.140. The predicted molar refractivity (Wildman–Crippen MR) is 113 cm³/mol. The maximum absolute atomic E-state index is 12.4. The standard InChI is InChI=1S/C21H25N3O3S/c1-14(2)15-7-5-8-16(11-15)21(3,4)23-19(25)22-12-17-13-24(20(26)27-17)18-9-6-10-28-18/h5-11,17H,1,12-13H2,2-4H3,(H2,22,23,25). The highest BCUT2D eigenvalue weighted by molar-refractivity contribution is 7.14. The molecule has 1 aromatic carbocycles. The van der Waals surface area contributed by atoms with Gasteiger partial charge in [-0.15, -0.1) is 11.3 Å². The van der Waals surface area contributed by atoms with Crippen molar-refractivity contribution in [2.45, 2.75) is 32.4 Å². The van der Waals surface area contributed by atoms with E-state index in [1.165, 1.54) is 11.3 Å². The van der Waals surface area contributed by atoms with Gasteiger partial charge in [0.15, 0.2) is 0 Å². The zero-order chi connectivity index (χ0) is 20.3. The quantitative estimate of drug-likeness (QED) is 0.759. The molecule has 1 saturated heterocycles. The largest absolute Gasteiger partial charge is 0.442 e. The summed E-state index contributed by atoms with van der Waals surface area (Å²) in [6.45, 7) is 10.5. The molecular formula is C21H25N3O3S. The van der Waals surface area contributed by atoms with Crippen LogP contribution in [0.3, 0.4) is 0 Å². The SMILES string of the molecule is C=C(C)c1cccc(C(C)(C)NC(=O)NCC2CN(c3cccs3)C(=O)O2)c1. The van der Waals surface area contributed by atoms with Crippen molar-refractivity contribution in [3.05, 3.63) is 59.5 Å². The number of thiophene rings is 1. The van der Waals surface area contributed by atoms with Crippen molar-refractivity contribution in [1.82, 2.24) is 10.6 Å². The first kappa shape index (κ1) is 19.9. The van der Waals surface area contributed by atoms with Gasteiger partial charge in [-0.25, -0.2) is 9.59 Å². The van der Waals surface area contributed by atoms with Gasteiger partial charge in [0.05, 0.1) is 18.6 Å². The van der Waals surface area contributed by atoms with Crippen molar-refractivity contribution in [3.8, 4) is 0 Å². The summed E-state index contributed by atoms with van der Waals surface area (Å²) in [7, 11) is 0. The van der Waals surface area contributed by atoms with Crippen molar-refractivity contribution in [2.75, 3.05) is 18.0 Å². The molecule has 1 unspecified atom stereocenters. The molecule has 28 heavy (non-hydrogen) atoms. The number of cyclic esters (lactones) is 1. The normalized spacial score (nSPS) is 16.6. The zero-order valence-electron chi connectivity index (χ0n) is 16.3. The van der Waals surface area contributed by atoms with E-state index in [0.717, 1.165) is 21.7 Å². The summed E-state index contributed by atoms with van der Waals surface area (Å²) < 4.78 is 5.35. The van der Waals surface area contributed by atoms with E-state index in [0.29, 0.717) is 6.54 Å². The summed E-state index contributed by atoms with van der Waals surface area (Å²) >= 11 is 1.48. The average Bonchev–Trinajstić information content (AvgIpc) is 3.29. The Morgan fingerprint density at radius 3 is 2.82 bits per heavy atom. The Bertz CT molecular complexity index is 877. The number of carbonyl (C=O) groups excluding carboxylic acids is 2. The van der Waals surface area contributed by atoms with E-state index in [2.05, 4.69) is 17.2 Å². The summed E-state index contributed by atoms with van der Waals surface area (Å²) in [5, 5.41) is 8.54. The van der Waals surface area contributed by atoms with E-state index in [1.807, 2.05) is 62.5 Å². The fourth-order valence-corrected chi connectivity index (χ4v) is 3.74. The number of hydrogen-bond donors (Lipinski definition) is 2. The molecule has 0 spiro atoms. The van der Waals surface area contributed by atoms with Crippen LogP contribution in [0.25, 0.3) is 5.57 Å². The van der Waals surface area contributed by atoms with Crippen molar-refractivity contribution < 1.29 is 14.3 Å². The number of nitrogens with zero attached hydrogens (tertiary/aromatic N) is 1. The van der Waals surface area contributed by atoms with Gasteiger partial charge in [0.25, 0.3) is 0 Å². The number of amides is 3. The number of hydrogen-bond acceptors (Lipinski definition) is 4. The van der Waals surface area contributed by atoms with Gasteiger partial charge < -0.3 is 15.4 Å². The number of nitrogens with one attached hydrogen (secondary N) is 2. The van der Waals surface area contributed by atoms with Crippen LogP contribution in [-0.2, 0) is 10.3 Å². The number of rotatable bonds is 6. The zero-order valence-corrected chi connectivity index (χ0v) is 17.1. The van der Waals surface area contributed by atoms with E-state index in [9.17, 15) is 9.59 Å². The van der Waals surface area contributed by atoms with Gasteiger partial charge in [-0.3, -0.25) is 4.90 Å². The first-order valence-corrected chi connectivity index (χ1v) is 9.98. The second-order valence-electron chi connectivity index (χ2n) is 7.39. The summed E-state index contributed by atoms with van der Waals surface area (Å²) in [6.07, 6.45) is -0.762. The van der Waals surface area contributed by atoms with Gasteiger partial charge in [0.2, 0.25) is 0 Å². The predicted octanol–water partition coefficient (Wildman–Crippen LogP) is 4.34. The molecule has 6 nitrogen and oxygen atoms in total. The monoisotopic (exact) mass is 399 g/mol. The first-order chi connectivity index (χ1) is 13.3. The number of benzene rings is 1. The molecule has 0 saturated carbocycles. The molecule has 1 aromatic heterocycles.